The van der Waals surface area contributed by atoms with Gasteiger partial charge in [-0.3, -0.25) is 0 Å². The first-order valence-electron chi connectivity index (χ1n) is 3.73. The molecule has 0 fully saturated rings. The van der Waals surface area contributed by atoms with Crippen LogP contribution in [0.25, 0.3) is 0 Å². The first-order valence-corrected chi connectivity index (χ1v) is 4.65. The predicted octanol–water partition coefficient (Wildman–Crippen LogP) is 3.11. The Bertz CT molecular complexity index is 398. The van der Waals surface area contributed by atoms with E-state index in [9.17, 15) is 13.6 Å². The fourth-order valence-corrected chi connectivity index (χ4v) is 1.62. The SMILES string of the molecule is O=C(O)c1c(Cl)ncc(C(F)F)c1CCl. The molecule has 0 amide bonds. The lowest BCUT2D eigenvalue weighted by atomic mass is 10.1. The smallest absolute Gasteiger partial charge is 0.339 e. The third-order valence-corrected chi connectivity index (χ3v) is 2.31. The minimum absolute atomic E-state index is 0.195. The molecule has 0 aromatic carbocycles. The van der Waals surface area contributed by atoms with Gasteiger partial charge >= 0.3 is 5.97 Å². The molecule has 0 saturated carbocycles. The maximum atomic E-state index is 12.5. The standard InChI is InChI=1S/C8H5Cl2F2NO2/c9-1-3-4(7(11)12)2-13-6(10)5(3)8(14)15/h2,7H,1H2,(H,14,15). The van der Waals surface area contributed by atoms with Crippen molar-refractivity contribution in [1.29, 1.82) is 0 Å². The molecular formula is C8H5Cl2F2NO2. The van der Waals surface area contributed by atoms with Gasteiger partial charge < -0.3 is 5.11 Å². The van der Waals surface area contributed by atoms with Gasteiger partial charge in [-0.15, -0.1) is 11.6 Å². The normalized spacial score (nSPS) is 10.7. The molecule has 0 radical (unpaired) electrons. The number of hydrogen-bond donors (Lipinski definition) is 1. The number of aromatic nitrogens is 1. The van der Waals surface area contributed by atoms with Crippen molar-refractivity contribution >= 4 is 29.2 Å². The molecule has 82 valence electrons. The monoisotopic (exact) mass is 255 g/mol. The summed E-state index contributed by atoms with van der Waals surface area (Å²) < 4.78 is 24.9. The van der Waals surface area contributed by atoms with Crippen molar-refractivity contribution in [3.8, 4) is 0 Å². The predicted molar refractivity (Wildman–Crippen MR) is 50.7 cm³/mol. The van der Waals surface area contributed by atoms with Crippen LogP contribution in [0.5, 0.6) is 0 Å². The lowest BCUT2D eigenvalue weighted by Crippen LogP contribution is -2.07. The van der Waals surface area contributed by atoms with Gasteiger partial charge in [-0.2, -0.15) is 0 Å². The second-order valence-electron chi connectivity index (χ2n) is 2.60. The van der Waals surface area contributed by atoms with Crippen LogP contribution >= 0.6 is 23.2 Å². The molecule has 1 aromatic heterocycles. The highest BCUT2D eigenvalue weighted by Gasteiger charge is 2.22. The van der Waals surface area contributed by atoms with Crippen molar-refractivity contribution in [2.24, 2.45) is 0 Å². The lowest BCUT2D eigenvalue weighted by molar-refractivity contribution is 0.0695. The Morgan fingerprint density at radius 1 is 1.60 bits per heavy atom. The fraction of sp³-hybridized carbons (Fsp3) is 0.250. The fourth-order valence-electron chi connectivity index (χ4n) is 1.09. The van der Waals surface area contributed by atoms with Gasteiger partial charge in [0.2, 0.25) is 0 Å². The van der Waals surface area contributed by atoms with Crippen LogP contribution in [0.15, 0.2) is 6.20 Å². The second kappa shape index (κ2) is 4.72. The van der Waals surface area contributed by atoms with E-state index in [2.05, 4.69) is 4.98 Å². The maximum absolute atomic E-state index is 12.5. The van der Waals surface area contributed by atoms with Gasteiger partial charge in [0.05, 0.1) is 0 Å². The number of carboxylic acid groups (broad SMARTS) is 1. The minimum atomic E-state index is -2.83. The molecule has 1 heterocycles. The Morgan fingerprint density at radius 2 is 2.20 bits per heavy atom. The van der Waals surface area contributed by atoms with E-state index >= 15 is 0 Å². The summed E-state index contributed by atoms with van der Waals surface area (Å²) in [5.74, 6) is -1.78. The van der Waals surface area contributed by atoms with E-state index < -0.39 is 23.5 Å². The number of aromatic carboxylic acids is 1. The summed E-state index contributed by atoms with van der Waals surface area (Å²) in [6.07, 6.45) is -2.00. The average Bonchev–Trinajstić information content (AvgIpc) is 2.15. The third kappa shape index (κ3) is 2.35. The van der Waals surface area contributed by atoms with Gasteiger partial charge in [0.25, 0.3) is 6.43 Å². The van der Waals surface area contributed by atoms with Crippen molar-refractivity contribution in [2.45, 2.75) is 12.3 Å². The number of halogens is 4. The Balaban J connectivity index is 3.47. The Hall–Kier alpha value is -0.940. The van der Waals surface area contributed by atoms with Crippen LogP contribution in [-0.2, 0) is 5.88 Å². The average molecular weight is 256 g/mol. The largest absolute Gasteiger partial charge is 0.478 e. The Labute approximate surface area is 93.6 Å². The molecule has 1 aromatic rings. The summed E-state index contributed by atoms with van der Waals surface area (Å²) in [6, 6.07) is 0. The number of pyridine rings is 1. The highest BCUT2D eigenvalue weighted by Crippen LogP contribution is 2.29. The summed E-state index contributed by atoms with van der Waals surface area (Å²) in [4.78, 5) is 14.1. The molecule has 0 unspecified atom stereocenters. The Kier molecular flexibility index (Phi) is 3.82. The van der Waals surface area contributed by atoms with Crippen LogP contribution in [0.1, 0.15) is 27.9 Å². The first kappa shape index (κ1) is 12.1. The molecule has 0 spiro atoms. The van der Waals surface area contributed by atoms with E-state index in [1.807, 2.05) is 0 Å². The summed E-state index contributed by atoms with van der Waals surface area (Å²) in [5, 5.41) is 8.41. The van der Waals surface area contributed by atoms with Crippen LogP contribution in [0, 0.1) is 0 Å². The molecule has 0 saturated heterocycles. The molecule has 7 heteroatoms. The number of carboxylic acids is 1. The highest BCUT2D eigenvalue weighted by molar-refractivity contribution is 6.32. The number of nitrogens with zero attached hydrogens (tertiary/aromatic N) is 1. The van der Waals surface area contributed by atoms with Gasteiger partial charge in [0, 0.05) is 17.6 Å². The topological polar surface area (TPSA) is 50.2 Å². The summed E-state index contributed by atoms with van der Waals surface area (Å²) in [5.41, 5.74) is -1.17. The molecule has 1 N–H and O–H groups in total. The summed E-state index contributed by atoms with van der Waals surface area (Å²) >= 11 is 10.9. The van der Waals surface area contributed by atoms with Crippen molar-refractivity contribution in [3.63, 3.8) is 0 Å². The van der Waals surface area contributed by atoms with Crippen LogP contribution in [0.2, 0.25) is 5.15 Å². The van der Waals surface area contributed by atoms with Crippen LogP contribution < -0.4 is 0 Å². The van der Waals surface area contributed by atoms with Crippen LogP contribution in [-0.4, -0.2) is 16.1 Å². The number of rotatable bonds is 3. The van der Waals surface area contributed by atoms with Gasteiger partial charge in [-0.1, -0.05) is 11.6 Å². The molecule has 0 aliphatic heterocycles. The van der Waals surface area contributed by atoms with Gasteiger partial charge in [-0.05, 0) is 5.56 Å². The molecule has 0 bridgehead atoms. The van der Waals surface area contributed by atoms with E-state index in [1.54, 1.807) is 0 Å². The van der Waals surface area contributed by atoms with Gasteiger partial charge in [-0.25, -0.2) is 18.6 Å². The van der Waals surface area contributed by atoms with E-state index in [4.69, 9.17) is 28.3 Å². The molecule has 1 rings (SSSR count). The maximum Gasteiger partial charge on any atom is 0.339 e. The zero-order chi connectivity index (χ0) is 11.6. The highest BCUT2D eigenvalue weighted by atomic mass is 35.5. The van der Waals surface area contributed by atoms with Crippen molar-refractivity contribution in [3.05, 3.63) is 28.0 Å². The molecule has 3 nitrogen and oxygen atoms in total. The van der Waals surface area contributed by atoms with E-state index in [-0.39, 0.29) is 16.6 Å². The van der Waals surface area contributed by atoms with Crippen molar-refractivity contribution in [1.82, 2.24) is 4.98 Å². The van der Waals surface area contributed by atoms with Crippen molar-refractivity contribution in [2.75, 3.05) is 0 Å². The molecule has 0 atom stereocenters. The summed E-state index contributed by atoms with van der Waals surface area (Å²) in [6.45, 7) is 0. The Morgan fingerprint density at radius 3 is 2.60 bits per heavy atom. The quantitative estimate of drug-likeness (QED) is 0.667. The van der Waals surface area contributed by atoms with E-state index in [0.717, 1.165) is 6.20 Å². The number of alkyl halides is 3. The van der Waals surface area contributed by atoms with Gasteiger partial charge in [0.15, 0.2) is 0 Å². The molecule has 0 aliphatic rings. The second-order valence-corrected chi connectivity index (χ2v) is 3.22. The van der Waals surface area contributed by atoms with Gasteiger partial charge in [0.1, 0.15) is 10.7 Å². The number of hydrogen-bond acceptors (Lipinski definition) is 2. The van der Waals surface area contributed by atoms with Crippen LogP contribution in [0.4, 0.5) is 8.78 Å². The zero-order valence-electron chi connectivity index (χ0n) is 7.18. The first-order chi connectivity index (χ1) is 6.99. The van der Waals surface area contributed by atoms with Crippen molar-refractivity contribution < 1.29 is 18.7 Å². The summed E-state index contributed by atoms with van der Waals surface area (Å²) in [7, 11) is 0. The number of carbonyl (C=O) groups is 1. The van der Waals surface area contributed by atoms with E-state index in [1.165, 1.54) is 0 Å². The molecule has 0 aliphatic carbocycles. The van der Waals surface area contributed by atoms with E-state index in [0.29, 0.717) is 0 Å². The minimum Gasteiger partial charge on any atom is -0.478 e. The lowest BCUT2D eigenvalue weighted by Gasteiger charge is -2.09. The third-order valence-electron chi connectivity index (χ3n) is 1.76. The molecule has 15 heavy (non-hydrogen) atoms. The zero-order valence-corrected chi connectivity index (χ0v) is 8.69. The van der Waals surface area contributed by atoms with Crippen LogP contribution in [0.3, 0.4) is 0 Å². The molecular weight excluding hydrogens is 251 g/mol.